The molecule has 0 unspecified atom stereocenters. The number of carbonyl (C=O) groups excluding carboxylic acids is 3. The molecule has 3 heterocycles. The molecule has 1 saturated carbocycles. The fraction of sp³-hybridized carbons (Fsp3) is 0.391. The van der Waals surface area contributed by atoms with Gasteiger partial charge in [-0.05, 0) is 55.6 Å². The van der Waals surface area contributed by atoms with Gasteiger partial charge in [0.1, 0.15) is 22.2 Å². The van der Waals surface area contributed by atoms with Crippen LogP contribution >= 0.6 is 11.5 Å². The molecule has 0 radical (unpaired) electrons. The number of amides is 3. The fourth-order valence-electron chi connectivity index (χ4n) is 4.16. The van der Waals surface area contributed by atoms with Crippen LogP contribution < -0.4 is 16.8 Å². The van der Waals surface area contributed by atoms with Crippen LogP contribution in [0.4, 0.5) is 5.69 Å². The van der Waals surface area contributed by atoms with Gasteiger partial charge in [-0.1, -0.05) is 19.3 Å². The first-order chi connectivity index (χ1) is 16.3. The maximum atomic E-state index is 13.7. The number of nitrogens with two attached hydrogens (primary N) is 2. The molecule has 10 nitrogen and oxygen atoms in total. The molecule has 1 fully saturated rings. The second-order valence-electron chi connectivity index (χ2n) is 8.35. The van der Waals surface area contributed by atoms with E-state index in [-0.39, 0.29) is 34.8 Å². The second-order valence-corrected chi connectivity index (χ2v) is 9.12. The van der Waals surface area contributed by atoms with Crippen molar-refractivity contribution in [3.05, 3.63) is 58.4 Å². The first-order valence-corrected chi connectivity index (χ1v) is 11.9. The quantitative estimate of drug-likeness (QED) is 0.442. The molecule has 1 aliphatic rings. The van der Waals surface area contributed by atoms with Crippen LogP contribution in [0.2, 0.25) is 0 Å². The summed E-state index contributed by atoms with van der Waals surface area (Å²) in [4.78, 5) is 40.3. The average Bonchev–Trinajstić information content (AvgIpc) is 3.55. The Hall–Kier alpha value is -3.60. The molecule has 1 atom stereocenters. The van der Waals surface area contributed by atoms with E-state index in [9.17, 15) is 14.4 Å². The van der Waals surface area contributed by atoms with Gasteiger partial charge in [-0.2, -0.15) is 4.37 Å². The van der Waals surface area contributed by atoms with E-state index in [1.54, 1.807) is 31.2 Å². The first kappa shape index (κ1) is 23.6. The van der Waals surface area contributed by atoms with E-state index in [1.807, 2.05) is 0 Å². The molecule has 3 amide bonds. The summed E-state index contributed by atoms with van der Waals surface area (Å²) < 4.78 is 15.2. The highest BCUT2D eigenvalue weighted by Crippen LogP contribution is 2.31. The number of hydrogen-bond donors (Lipinski definition) is 3. The van der Waals surface area contributed by atoms with Crippen molar-refractivity contribution in [3.8, 4) is 0 Å². The summed E-state index contributed by atoms with van der Waals surface area (Å²) in [7, 11) is 0. The molecule has 0 saturated heterocycles. The molecule has 0 aromatic carbocycles. The lowest BCUT2D eigenvalue weighted by Gasteiger charge is -2.31. The third kappa shape index (κ3) is 4.98. The Kier molecular flexibility index (Phi) is 7.01. The molecule has 1 aliphatic carbocycles. The Morgan fingerprint density at radius 2 is 2.00 bits per heavy atom. The number of nitrogen functional groups attached to an aromatic ring is 1. The van der Waals surface area contributed by atoms with E-state index in [0.29, 0.717) is 17.3 Å². The predicted octanol–water partition coefficient (Wildman–Crippen LogP) is 3.15. The zero-order valence-electron chi connectivity index (χ0n) is 18.8. The topological polar surface area (TPSA) is 158 Å². The van der Waals surface area contributed by atoms with Gasteiger partial charge in [0.25, 0.3) is 17.7 Å². The van der Waals surface area contributed by atoms with Crippen LogP contribution in [0.15, 0.2) is 39.4 Å². The van der Waals surface area contributed by atoms with Gasteiger partial charge in [-0.15, -0.1) is 0 Å². The molecule has 11 heteroatoms. The Bertz CT molecular complexity index is 1160. The molecule has 0 aliphatic heterocycles. The van der Waals surface area contributed by atoms with Crippen LogP contribution in [0.5, 0.6) is 0 Å². The van der Waals surface area contributed by atoms with Crippen molar-refractivity contribution in [2.24, 2.45) is 5.73 Å². The van der Waals surface area contributed by atoms with E-state index >= 15 is 0 Å². The van der Waals surface area contributed by atoms with Crippen molar-refractivity contribution in [2.75, 3.05) is 5.73 Å². The minimum Gasteiger partial charge on any atom is -0.467 e. The summed E-state index contributed by atoms with van der Waals surface area (Å²) >= 11 is 0.759. The summed E-state index contributed by atoms with van der Waals surface area (Å²) in [5, 5.41) is 3.09. The van der Waals surface area contributed by atoms with Gasteiger partial charge in [-0.25, -0.2) is 0 Å². The van der Waals surface area contributed by atoms with Crippen molar-refractivity contribution >= 4 is 34.9 Å². The van der Waals surface area contributed by atoms with Crippen LogP contribution in [0.1, 0.15) is 75.6 Å². The highest BCUT2D eigenvalue weighted by atomic mass is 32.1. The fourth-order valence-corrected chi connectivity index (χ4v) is 4.92. The molecule has 3 aromatic rings. The lowest BCUT2D eigenvalue weighted by molar-refractivity contribution is -0.127. The average molecular weight is 486 g/mol. The zero-order valence-corrected chi connectivity index (χ0v) is 19.6. The molecular weight excluding hydrogens is 458 g/mol. The Labute approximate surface area is 200 Å². The minimum absolute atomic E-state index is 0.0131. The number of hydrogen-bond acceptors (Lipinski definition) is 8. The van der Waals surface area contributed by atoms with Crippen molar-refractivity contribution in [3.63, 3.8) is 0 Å². The summed E-state index contributed by atoms with van der Waals surface area (Å²) in [5.74, 6) is -0.409. The van der Waals surface area contributed by atoms with Crippen LogP contribution in [-0.2, 0) is 11.3 Å². The van der Waals surface area contributed by atoms with Gasteiger partial charge >= 0.3 is 0 Å². The van der Waals surface area contributed by atoms with Crippen LogP contribution in [0.3, 0.4) is 0 Å². The normalized spacial score (nSPS) is 15.1. The lowest BCUT2D eigenvalue weighted by atomic mass is 9.95. The van der Waals surface area contributed by atoms with E-state index in [4.69, 9.17) is 20.3 Å². The maximum Gasteiger partial charge on any atom is 0.270 e. The standard InChI is InChI=1S/C23H27N5O5S/c1-13-9-10-16(33-13)19(22(30)26-14-6-3-2-4-7-14)28(12-15-8-5-11-32-15)23(31)20-17(24)18(21(25)29)27-34-20/h5,8-11,14,19H,2-4,6-7,12,24H2,1H3,(H2,25,29)(H,26,30)/t19-/m0/s1. The van der Waals surface area contributed by atoms with Crippen molar-refractivity contribution in [2.45, 2.75) is 57.7 Å². The summed E-state index contributed by atoms with van der Waals surface area (Å²) in [6, 6.07) is 5.74. The molecule has 0 spiro atoms. The number of rotatable bonds is 8. The summed E-state index contributed by atoms with van der Waals surface area (Å²) in [5.41, 5.74) is 11.1. The lowest BCUT2D eigenvalue weighted by Crippen LogP contribution is -2.46. The number of anilines is 1. The number of primary amides is 1. The Morgan fingerprint density at radius 3 is 2.59 bits per heavy atom. The van der Waals surface area contributed by atoms with Crippen LogP contribution in [0.25, 0.3) is 0 Å². The second kappa shape index (κ2) is 10.1. The number of nitrogens with zero attached hydrogens (tertiary/aromatic N) is 2. The van der Waals surface area contributed by atoms with Gasteiger partial charge in [0.2, 0.25) is 0 Å². The van der Waals surface area contributed by atoms with E-state index in [1.165, 1.54) is 11.2 Å². The SMILES string of the molecule is Cc1ccc([C@@H](C(=O)NC2CCCCC2)N(Cc2ccco2)C(=O)c2snc(C(N)=O)c2N)o1. The van der Waals surface area contributed by atoms with E-state index < -0.39 is 17.9 Å². The third-order valence-electron chi connectivity index (χ3n) is 5.86. The van der Waals surface area contributed by atoms with Crippen molar-refractivity contribution < 1.29 is 23.2 Å². The number of nitrogens with one attached hydrogen (secondary N) is 1. The number of aromatic nitrogens is 1. The first-order valence-electron chi connectivity index (χ1n) is 11.1. The highest BCUT2D eigenvalue weighted by molar-refractivity contribution is 7.09. The van der Waals surface area contributed by atoms with Gasteiger partial charge in [-0.3, -0.25) is 14.4 Å². The zero-order chi connectivity index (χ0) is 24.2. The highest BCUT2D eigenvalue weighted by Gasteiger charge is 2.38. The molecule has 5 N–H and O–H groups in total. The Balaban J connectivity index is 1.73. The molecule has 180 valence electrons. The van der Waals surface area contributed by atoms with Gasteiger partial charge in [0.05, 0.1) is 18.5 Å². The number of aryl methyl sites for hydroxylation is 1. The largest absolute Gasteiger partial charge is 0.467 e. The van der Waals surface area contributed by atoms with Gasteiger partial charge in [0.15, 0.2) is 11.7 Å². The smallest absolute Gasteiger partial charge is 0.270 e. The maximum absolute atomic E-state index is 13.7. The van der Waals surface area contributed by atoms with Crippen LogP contribution in [-0.4, -0.2) is 33.0 Å². The molecular formula is C23H27N5O5S. The number of furan rings is 2. The monoisotopic (exact) mass is 485 g/mol. The van der Waals surface area contributed by atoms with Gasteiger partial charge in [0, 0.05) is 6.04 Å². The van der Waals surface area contributed by atoms with E-state index in [2.05, 4.69) is 9.69 Å². The van der Waals surface area contributed by atoms with Crippen molar-refractivity contribution in [1.82, 2.24) is 14.6 Å². The third-order valence-corrected chi connectivity index (χ3v) is 6.72. The molecule has 0 bridgehead atoms. The van der Waals surface area contributed by atoms with Crippen molar-refractivity contribution in [1.29, 1.82) is 0 Å². The van der Waals surface area contributed by atoms with E-state index in [0.717, 1.165) is 43.6 Å². The predicted molar refractivity (Wildman–Crippen MR) is 125 cm³/mol. The number of carbonyl (C=O) groups is 3. The minimum atomic E-state index is -1.09. The molecule has 34 heavy (non-hydrogen) atoms. The summed E-state index contributed by atoms with van der Waals surface area (Å²) in [6.45, 7) is 1.73. The van der Waals surface area contributed by atoms with Gasteiger partial charge < -0.3 is 30.5 Å². The molecule has 3 aromatic heterocycles. The van der Waals surface area contributed by atoms with Crippen LogP contribution in [0, 0.1) is 6.92 Å². The Morgan fingerprint density at radius 1 is 1.24 bits per heavy atom. The molecule has 4 rings (SSSR count). The summed E-state index contributed by atoms with van der Waals surface area (Å²) in [6.07, 6.45) is 6.47.